The zero-order valence-corrected chi connectivity index (χ0v) is 11.7. The van der Waals surface area contributed by atoms with Crippen LogP contribution in [-0.2, 0) is 10.8 Å². The Balaban J connectivity index is 2.43. The molecule has 0 bridgehead atoms. The van der Waals surface area contributed by atoms with Crippen LogP contribution in [0.3, 0.4) is 0 Å². The first-order chi connectivity index (χ1) is 9.00. The Labute approximate surface area is 113 Å². The fraction of sp³-hybridized carbons (Fsp3) is 0.385. The summed E-state index contributed by atoms with van der Waals surface area (Å²) in [5.41, 5.74) is 1.55. The highest BCUT2D eigenvalue weighted by atomic mass is 32.2. The van der Waals surface area contributed by atoms with E-state index in [0.29, 0.717) is 16.8 Å². The highest BCUT2D eigenvalue weighted by molar-refractivity contribution is 7.84. The number of carboxylic acid groups (broad SMARTS) is 1. The van der Waals surface area contributed by atoms with Gasteiger partial charge in [0.2, 0.25) is 0 Å². The first-order valence-electron chi connectivity index (χ1n) is 5.99. The Morgan fingerprint density at radius 1 is 1.53 bits per heavy atom. The van der Waals surface area contributed by atoms with Crippen LogP contribution < -0.4 is 0 Å². The molecule has 6 heteroatoms. The average molecular weight is 280 g/mol. The number of hydrogen-bond donors (Lipinski definition) is 1. The molecule has 0 aliphatic rings. The minimum atomic E-state index is -0.960. The maximum Gasteiger partial charge on any atom is 0.337 e. The topological polar surface area (TPSA) is 72.2 Å². The molecule has 102 valence electrons. The summed E-state index contributed by atoms with van der Waals surface area (Å²) in [4.78, 5) is 15.5. The molecule has 5 nitrogen and oxygen atoms in total. The summed E-state index contributed by atoms with van der Waals surface area (Å²) in [6, 6.07) is 5.13. The Kier molecular flexibility index (Phi) is 3.99. The predicted molar refractivity (Wildman–Crippen MR) is 75.0 cm³/mol. The van der Waals surface area contributed by atoms with Crippen LogP contribution in [0.4, 0.5) is 0 Å². The van der Waals surface area contributed by atoms with Gasteiger partial charge in [-0.05, 0) is 25.5 Å². The number of carboxylic acids is 1. The van der Waals surface area contributed by atoms with Gasteiger partial charge in [-0.1, -0.05) is 6.07 Å². The number of carbonyl (C=O) groups is 1. The number of imidazole rings is 1. The second-order valence-corrected chi connectivity index (χ2v) is 6.10. The quantitative estimate of drug-likeness (QED) is 0.910. The summed E-state index contributed by atoms with van der Waals surface area (Å²) in [5, 5.41) is 9.24. The normalized spacial score (nSPS) is 14.4. The van der Waals surface area contributed by atoms with Crippen LogP contribution >= 0.6 is 0 Å². The zero-order valence-electron chi connectivity index (χ0n) is 10.9. The molecule has 0 saturated carbocycles. The zero-order chi connectivity index (χ0) is 14.0. The summed E-state index contributed by atoms with van der Waals surface area (Å²) in [6.45, 7) is 1.98. The van der Waals surface area contributed by atoms with Gasteiger partial charge in [-0.3, -0.25) is 4.21 Å². The molecule has 2 atom stereocenters. The van der Waals surface area contributed by atoms with Crippen LogP contribution in [-0.4, -0.2) is 36.8 Å². The third-order valence-electron chi connectivity index (χ3n) is 3.12. The van der Waals surface area contributed by atoms with Crippen molar-refractivity contribution >= 4 is 27.8 Å². The van der Waals surface area contributed by atoms with Crippen molar-refractivity contribution in [1.29, 1.82) is 0 Å². The number of aromatic nitrogens is 2. The van der Waals surface area contributed by atoms with E-state index in [-0.39, 0.29) is 11.6 Å². The SMILES string of the molecule is CC(CCS(C)=O)n1cnc2cccc(C(=O)O)c21. The molecule has 0 aliphatic carbocycles. The first kappa shape index (κ1) is 13.7. The number of hydrogen-bond acceptors (Lipinski definition) is 3. The van der Waals surface area contributed by atoms with Gasteiger partial charge in [0, 0.05) is 28.9 Å². The van der Waals surface area contributed by atoms with Crippen LogP contribution in [0.15, 0.2) is 24.5 Å². The third-order valence-corrected chi connectivity index (χ3v) is 3.93. The number of nitrogens with zero attached hydrogens (tertiary/aromatic N) is 2. The van der Waals surface area contributed by atoms with Gasteiger partial charge in [0.15, 0.2) is 0 Å². The van der Waals surface area contributed by atoms with Crippen molar-refractivity contribution in [2.75, 3.05) is 12.0 Å². The smallest absolute Gasteiger partial charge is 0.337 e. The van der Waals surface area contributed by atoms with E-state index in [1.807, 2.05) is 11.5 Å². The molecule has 2 aromatic rings. The third kappa shape index (κ3) is 2.84. The molecule has 1 aromatic carbocycles. The number of benzene rings is 1. The Morgan fingerprint density at radius 2 is 2.26 bits per heavy atom. The van der Waals surface area contributed by atoms with E-state index in [2.05, 4.69) is 4.98 Å². The van der Waals surface area contributed by atoms with Crippen molar-refractivity contribution in [3.05, 3.63) is 30.1 Å². The van der Waals surface area contributed by atoms with Crippen molar-refractivity contribution in [1.82, 2.24) is 9.55 Å². The van der Waals surface area contributed by atoms with Crippen LogP contribution in [0.25, 0.3) is 11.0 Å². The van der Waals surface area contributed by atoms with Crippen LogP contribution in [0, 0.1) is 0 Å². The highest BCUT2D eigenvalue weighted by Gasteiger charge is 2.16. The lowest BCUT2D eigenvalue weighted by molar-refractivity contribution is 0.0698. The molecular weight excluding hydrogens is 264 g/mol. The molecule has 0 fully saturated rings. The molecule has 1 heterocycles. The van der Waals surface area contributed by atoms with Crippen molar-refractivity contribution < 1.29 is 14.1 Å². The fourth-order valence-electron chi connectivity index (χ4n) is 2.07. The number of aromatic carboxylic acids is 1. The van der Waals surface area contributed by atoms with Gasteiger partial charge in [-0.2, -0.15) is 0 Å². The second kappa shape index (κ2) is 5.52. The van der Waals surface area contributed by atoms with Gasteiger partial charge < -0.3 is 9.67 Å². The lowest BCUT2D eigenvalue weighted by Crippen LogP contribution is -2.10. The van der Waals surface area contributed by atoms with Crippen LogP contribution in [0.5, 0.6) is 0 Å². The van der Waals surface area contributed by atoms with Crippen molar-refractivity contribution in [3.8, 4) is 0 Å². The van der Waals surface area contributed by atoms with Gasteiger partial charge >= 0.3 is 5.97 Å². The molecule has 1 aromatic heterocycles. The van der Waals surface area contributed by atoms with E-state index in [4.69, 9.17) is 0 Å². The predicted octanol–water partition coefficient (Wildman–Crippen LogP) is 2.06. The Morgan fingerprint density at radius 3 is 2.89 bits per heavy atom. The maximum absolute atomic E-state index is 11.3. The summed E-state index contributed by atoms with van der Waals surface area (Å²) in [6.07, 6.45) is 4.05. The monoisotopic (exact) mass is 280 g/mol. The summed E-state index contributed by atoms with van der Waals surface area (Å²) < 4.78 is 13.0. The fourth-order valence-corrected chi connectivity index (χ4v) is 2.74. The van der Waals surface area contributed by atoms with E-state index in [9.17, 15) is 14.1 Å². The lowest BCUT2D eigenvalue weighted by atomic mass is 10.1. The van der Waals surface area contributed by atoms with Crippen molar-refractivity contribution in [2.45, 2.75) is 19.4 Å². The summed E-state index contributed by atoms with van der Waals surface area (Å²) in [5.74, 6) is -0.366. The van der Waals surface area contributed by atoms with E-state index < -0.39 is 16.8 Å². The minimum Gasteiger partial charge on any atom is -0.478 e. The number of rotatable bonds is 5. The van der Waals surface area contributed by atoms with Crippen molar-refractivity contribution in [3.63, 3.8) is 0 Å². The molecule has 0 radical (unpaired) electrons. The van der Waals surface area contributed by atoms with Gasteiger partial charge in [-0.25, -0.2) is 9.78 Å². The molecule has 2 rings (SSSR count). The number of fused-ring (bicyclic) bond motifs is 1. The van der Waals surface area contributed by atoms with Gasteiger partial charge in [0.1, 0.15) is 0 Å². The van der Waals surface area contributed by atoms with E-state index >= 15 is 0 Å². The van der Waals surface area contributed by atoms with Gasteiger partial charge in [0.05, 0.1) is 22.9 Å². The van der Waals surface area contributed by atoms with E-state index in [1.165, 1.54) is 0 Å². The first-order valence-corrected chi connectivity index (χ1v) is 7.72. The molecule has 1 N–H and O–H groups in total. The van der Waals surface area contributed by atoms with E-state index in [1.54, 1.807) is 30.8 Å². The molecule has 2 unspecified atom stereocenters. The minimum absolute atomic E-state index is 0.0643. The second-order valence-electron chi connectivity index (χ2n) is 4.55. The lowest BCUT2D eigenvalue weighted by Gasteiger charge is -2.14. The molecule has 19 heavy (non-hydrogen) atoms. The Hall–Kier alpha value is -1.69. The standard InChI is InChI=1S/C13H16N2O3S/c1-9(6-7-19(2)18)15-8-14-11-5-3-4-10(12(11)15)13(16)17/h3-5,8-9H,6-7H2,1-2H3,(H,16,17). The van der Waals surface area contributed by atoms with Crippen LogP contribution in [0.2, 0.25) is 0 Å². The van der Waals surface area contributed by atoms with Gasteiger partial charge in [0.25, 0.3) is 0 Å². The van der Waals surface area contributed by atoms with Crippen LogP contribution in [0.1, 0.15) is 29.7 Å². The molecule has 0 saturated heterocycles. The van der Waals surface area contributed by atoms with Gasteiger partial charge in [-0.15, -0.1) is 0 Å². The summed E-state index contributed by atoms with van der Waals surface area (Å²) >= 11 is 0. The largest absolute Gasteiger partial charge is 0.478 e. The highest BCUT2D eigenvalue weighted by Crippen LogP contribution is 2.23. The van der Waals surface area contributed by atoms with Crippen molar-refractivity contribution in [2.24, 2.45) is 0 Å². The molecular formula is C13H16N2O3S. The average Bonchev–Trinajstić information content (AvgIpc) is 2.79. The van der Waals surface area contributed by atoms with E-state index in [0.717, 1.165) is 6.42 Å². The Bertz CT molecular complexity index is 636. The molecule has 0 spiro atoms. The molecule has 0 aliphatic heterocycles. The number of para-hydroxylation sites is 1. The molecule has 0 amide bonds. The summed E-state index contributed by atoms with van der Waals surface area (Å²) in [7, 11) is -0.846. The maximum atomic E-state index is 11.3.